The third kappa shape index (κ3) is 5.73. The highest BCUT2D eigenvalue weighted by Gasteiger charge is 2.38. The molecule has 2 saturated heterocycles. The summed E-state index contributed by atoms with van der Waals surface area (Å²) in [7, 11) is 1.61. The van der Waals surface area contributed by atoms with E-state index in [2.05, 4.69) is 5.32 Å². The lowest BCUT2D eigenvalue weighted by atomic mass is 9.85. The van der Waals surface area contributed by atoms with Gasteiger partial charge in [-0.1, -0.05) is 24.3 Å². The molecule has 0 spiro atoms. The van der Waals surface area contributed by atoms with Gasteiger partial charge in [0.25, 0.3) is 0 Å². The van der Waals surface area contributed by atoms with Crippen LogP contribution in [0.3, 0.4) is 0 Å². The monoisotopic (exact) mass is 467 g/mol. The Balaban J connectivity index is 1.32. The fourth-order valence-corrected chi connectivity index (χ4v) is 4.76. The normalized spacial score (nSPS) is 20.4. The van der Waals surface area contributed by atoms with E-state index in [-0.39, 0.29) is 36.5 Å². The predicted molar refractivity (Wildman–Crippen MR) is 124 cm³/mol. The van der Waals surface area contributed by atoms with Gasteiger partial charge in [0.2, 0.25) is 17.7 Å². The highest BCUT2D eigenvalue weighted by Crippen LogP contribution is 2.30. The fourth-order valence-electron chi connectivity index (χ4n) is 4.76. The van der Waals surface area contributed by atoms with Crippen molar-refractivity contribution in [3.63, 3.8) is 0 Å². The Morgan fingerprint density at radius 3 is 2.59 bits per heavy atom. The van der Waals surface area contributed by atoms with E-state index in [0.717, 1.165) is 16.9 Å². The van der Waals surface area contributed by atoms with E-state index in [9.17, 15) is 18.8 Å². The molecule has 2 aliphatic heterocycles. The highest BCUT2D eigenvalue weighted by molar-refractivity contribution is 5.86. The van der Waals surface area contributed by atoms with E-state index < -0.39 is 5.54 Å². The fraction of sp³-hybridized carbons (Fsp3) is 0.423. The minimum atomic E-state index is -0.525. The number of halogens is 1. The number of benzene rings is 2. The second-order valence-corrected chi connectivity index (χ2v) is 9.11. The van der Waals surface area contributed by atoms with Gasteiger partial charge < -0.3 is 19.9 Å². The molecule has 3 amide bonds. The number of hydrogen-bond acceptors (Lipinski definition) is 4. The van der Waals surface area contributed by atoms with Crippen LogP contribution in [0.5, 0.6) is 5.75 Å². The van der Waals surface area contributed by atoms with E-state index in [1.165, 1.54) is 12.1 Å². The zero-order chi connectivity index (χ0) is 24.1. The molecule has 34 heavy (non-hydrogen) atoms. The Bertz CT molecular complexity index is 1060. The van der Waals surface area contributed by atoms with Gasteiger partial charge in [0, 0.05) is 38.0 Å². The minimum absolute atomic E-state index is 0.0316. The first-order valence-corrected chi connectivity index (χ1v) is 11.6. The average Bonchev–Trinajstić information content (AvgIpc) is 3.21. The second kappa shape index (κ2) is 10.2. The molecule has 0 aromatic heterocycles. The van der Waals surface area contributed by atoms with Crippen LogP contribution in [0.15, 0.2) is 48.5 Å². The van der Waals surface area contributed by atoms with Crippen molar-refractivity contribution in [1.29, 1.82) is 0 Å². The van der Waals surface area contributed by atoms with Gasteiger partial charge in [0.05, 0.1) is 13.7 Å². The first-order valence-electron chi connectivity index (χ1n) is 11.6. The standard InChI is InChI=1S/C26H30FN3O4/c1-34-22-4-2-3-20(15-22)17-29-13-14-30(18-25(29)33)24(32)10-12-26(11-9-23(31)28-26)16-19-5-7-21(27)8-6-19/h2-8,15H,9-14,16-18H2,1H3,(H,28,31)/t26-/m0/s1. The Labute approximate surface area is 198 Å². The van der Waals surface area contributed by atoms with Crippen molar-refractivity contribution in [2.45, 2.75) is 44.2 Å². The van der Waals surface area contributed by atoms with Gasteiger partial charge in [-0.3, -0.25) is 14.4 Å². The molecular formula is C26H30FN3O4. The maximum Gasteiger partial charge on any atom is 0.242 e. The Morgan fingerprint density at radius 1 is 1.12 bits per heavy atom. The Kier molecular flexibility index (Phi) is 7.14. The first kappa shape index (κ1) is 23.7. The van der Waals surface area contributed by atoms with Gasteiger partial charge in [-0.15, -0.1) is 0 Å². The predicted octanol–water partition coefficient (Wildman–Crippen LogP) is 2.68. The smallest absolute Gasteiger partial charge is 0.242 e. The van der Waals surface area contributed by atoms with Crippen molar-refractivity contribution in [3.8, 4) is 5.75 Å². The van der Waals surface area contributed by atoms with Gasteiger partial charge in [-0.05, 0) is 54.7 Å². The molecule has 0 bridgehead atoms. The van der Waals surface area contributed by atoms with Gasteiger partial charge >= 0.3 is 0 Å². The molecule has 7 nitrogen and oxygen atoms in total. The number of nitrogens with zero attached hydrogens (tertiary/aromatic N) is 2. The number of amides is 3. The van der Waals surface area contributed by atoms with Crippen molar-refractivity contribution < 1.29 is 23.5 Å². The Morgan fingerprint density at radius 2 is 1.91 bits per heavy atom. The van der Waals surface area contributed by atoms with Crippen LogP contribution >= 0.6 is 0 Å². The van der Waals surface area contributed by atoms with Crippen molar-refractivity contribution in [2.75, 3.05) is 26.7 Å². The van der Waals surface area contributed by atoms with Crippen LogP contribution < -0.4 is 10.1 Å². The summed E-state index contributed by atoms with van der Waals surface area (Å²) in [4.78, 5) is 41.0. The molecule has 2 aliphatic rings. The van der Waals surface area contributed by atoms with Gasteiger partial charge in [0.15, 0.2) is 0 Å². The molecule has 2 aromatic rings. The van der Waals surface area contributed by atoms with Crippen molar-refractivity contribution in [3.05, 3.63) is 65.5 Å². The van der Waals surface area contributed by atoms with Crippen LogP contribution in [-0.4, -0.2) is 59.8 Å². The number of carbonyl (C=O) groups excluding carboxylic acids is 3. The third-order valence-corrected chi connectivity index (χ3v) is 6.69. The summed E-state index contributed by atoms with van der Waals surface area (Å²) in [5, 5.41) is 3.05. The van der Waals surface area contributed by atoms with Crippen molar-refractivity contribution >= 4 is 17.7 Å². The molecule has 180 valence electrons. The molecule has 0 aliphatic carbocycles. The maximum absolute atomic E-state index is 13.3. The number of nitrogens with one attached hydrogen (secondary N) is 1. The molecule has 1 N–H and O–H groups in total. The van der Waals surface area contributed by atoms with Crippen LogP contribution in [0.2, 0.25) is 0 Å². The SMILES string of the molecule is COc1cccc(CN2CCN(C(=O)CC[C@]3(Cc4ccc(F)cc4)CCC(=O)N3)CC2=O)c1. The number of piperazine rings is 1. The summed E-state index contributed by atoms with van der Waals surface area (Å²) >= 11 is 0. The van der Waals surface area contributed by atoms with Crippen LogP contribution in [0, 0.1) is 5.82 Å². The van der Waals surface area contributed by atoms with E-state index in [4.69, 9.17) is 4.74 Å². The molecule has 2 heterocycles. The van der Waals surface area contributed by atoms with E-state index >= 15 is 0 Å². The summed E-state index contributed by atoms with van der Waals surface area (Å²) in [6.07, 6.45) is 2.30. The zero-order valence-corrected chi connectivity index (χ0v) is 19.4. The minimum Gasteiger partial charge on any atom is -0.497 e. The van der Waals surface area contributed by atoms with Crippen molar-refractivity contribution in [1.82, 2.24) is 15.1 Å². The number of hydrogen-bond donors (Lipinski definition) is 1. The van der Waals surface area contributed by atoms with Crippen LogP contribution in [-0.2, 0) is 27.3 Å². The van der Waals surface area contributed by atoms with E-state index in [0.29, 0.717) is 45.3 Å². The van der Waals surface area contributed by atoms with Crippen molar-refractivity contribution in [2.24, 2.45) is 0 Å². The second-order valence-electron chi connectivity index (χ2n) is 9.11. The van der Waals surface area contributed by atoms with Gasteiger partial charge in [-0.2, -0.15) is 0 Å². The quantitative estimate of drug-likeness (QED) is 0.648. The molecular weight excluding hydrogens is 437 g/mol. The molecule has 1 atom stereocenters. The number of rotatable bonds is 8. The highest BCUT2D eigenvalue weighted by atomic mass is 19.1. The summed E-state index contributed by atoms with van der Waals surface area (Å²) in [6.45, 7) is 1.48. The number of carbonyl (C=O) groups is 3. The third-order valence-electron chi connectivity index (χ3n) is 6.69. The lowest BCUT2D eigenvalue weighted by molar-refractivity contribution is -0.145. The molecule has 4 rings (SSSR count). The largest absolute Gasteiger partial charge is 0.497 e. The van der Waals surface area contributed by atoms with Crippen LogP contribution in [0.4, 0.5) is 4.39 Å². The molecule has 0 unspecified atom stereocenters. The van der Waals surface area contributed by atoms with Crippen LogP contribution in [0.25, 0.3) is 0 Å². The zero-order valence-electron chi connectivity index (χ0n) is 19.4. The summed E-state index contributed by atoms with van der Waals surface area (Å²) in [5.41, 5.74) is 1.37. The summed E-state index contributed by atoms with van der Waals surface area (Å²) in [6, 6.07) is 13.8. The first-order chi connectivity index (χ1) is 16.4. The molecule has 2 aromatic carbocycles. The maximum atomic E-state index is 13.3. The van der Waals surface area contributed by atoms with E-state index in [1.54, 1.807) is 29.0 Å². The topological polar surface area (TPSA) is 79.0 Å². The molecule has 0 radical (unpaired) electrons. The molecule has 0 saturated carbocycles. The lowest BCUT2D eigenvalue weighted by Crippen LogP contribution is -2.52. The van der Waals surface area contributed by atoms with Gasteiger partial charge in [-0.25, -0.2) is 4.39 Å². The lowest BCUT2D eigenvalue weighted by Gasteiger charge is -2.35. The number of ether oxygens (including phenoxy) is 1. The average molecular weight is 468 g/mol. The molecule has 8 heteroatoms. The van der Waals surface area contributed by atoms with Gasteiger partial charge in [0.1, 0.15) is 11.6 Å². The van der Waals surface area contributed by atoms with E-state index in [1.807, 2.05) is 24.3 Å². The Hall–Kier alpha value is -3.42. The summed E-state index contributed by atoms with van der Waals surface area (Å²) < 4.78 is 18.5. The number of methoxy groups -OCH3 is 1. The molecule has 2 fully saturated rings. The van der Waals surface area contributed by atoms with Crippen LogP contribution in [0.1, 0.15) is 36.8 Å². The summed E-state index contributed by atoms with van der Waals surface area (Å²) in [5.74, 6) is 0.230.